The lowest BCUT2D eigenvalue weighted by Gasteiger charge is -2.40. The maximum Gasteiger partial charge on any atom is 0.416 e. The van der Waals surface area contributed by atoms with Crippen LogP contribution in [0, 0.1) is 12.8 Å². The number of hydrogen-bond acceptors (Lipinski definition) is 7. The number of benzene rings is 1. The molecule has 0 radical (unpaired) electrons. The van der Waals surface area contributed by atoms with Gasteiger partial charge in [-0.2, -0.15) is 22.7 Å². The van der Waals surface area contributed by atoms with Crippen LogP contribution in [0.3, 0.4) is 0 Å². The van der Waals surface area contributed by atoms with Gasteiger partial charge in [0.25, 0.3) is 5.56 Å². The summed E-state index contributed by atoms with van der Waals surface area (Å²) in [5, 5.41) is 7.48. The van der Waals surface area contributed by atoms with E-state index in [4.69, 9.17) is 14.5 Å². The highest BCUT2D eigenvalue weighted by Crippen LogP contribution is 2.58. The number of carbonyl (C=O) groups is 2. The molecule has 49 heavy (non-hydrogen) atoms. The van der Waals surface area contributed by atoms with Gasteiger partial charge in [0, 0.05) is 41.4 Å². The Balaban J connectivity index is 1.30. The molecule has 262 valence electrons. The van der Waals surface area contributed by atoms with E-state index in [0.29, 0.717) is 69.3 Å². The van der Waals surface area contributed by atoms with Gasteiger partial charge in [-0.15, -0.1) is 5.10 Å². The topological polar surface area (TPSA) is 120 Å². The summed E-state index contributed by atoms with van der Waals surface area (Å²) in [6, 6.07) is 3.21. The number of halogens is 3. The van der Waals surface area contributed by atoms with Crippen LogP contribution in [0.15, 0.2) is 29.1 Å². The number of rotatable bonds is 5. The molecule has 4 heterocycles. The highest BCUT2D eigenvalue weighted by molar-refractivity contribution is 5.91. The molecule has 1 saturated heterocycles. The molecule has 1 atom stereocenters. The largest absolute Gasteiger partial charge is 0.444 e. The lowest BCUT2D eigenvalue weighted by molar-refractivity contribution is -0.137. The van der Waals surface area contributed by atoms with Crippen LogP contribution in [0.1, 0.15) is 93.4 Å². The monoisotopic (exact) mass is 682 g/mol. The first kappa shape index (κ1) is 33.3. The van der Waals surface area contributed by atoms with Crippen molar-refractivity contribution in [3.05, 3.63) is 62.8 Å². The third-order valence-corrected chi connectivity index (χ3v) is 10.2. The van der Waals surface area contributed by atoms with Crippen LogP contribution in [-0.4, -0.2) is 68.0 Å². The summed E-state index contributed by atoms with van der Waals surface area (Å²) in [4.78, 5) is 47.8. The van der Waals surface area contributed by atoms with Crippen LogP contribution in [0.4, 0.5) is 23.7 Å². The molecule has 1 N–H and O–H groups in total. The highest BCUT2D eigenvalue weighted by Gasteiger charge is 2.53. The molecule has 1 unspecified atom stereocenters. The zero-order chi connectivity index (χ0) is 34.9. The zero-order valence-electron chi connectivity index (χ0n) is 28.2. The fourth-order valence-corrected chi connectivity index (χ4v) is 7.70. The minimum Gasteiger partial charge on any atom is -0.444 e. The number of hydrogen-bond donors (Lipinski definition) is 1. The summed E-state index contributed by atoms with van der Waals surface area (Å²) in [6.07, 6.45) is 1.43. The van der Waals surface area contributed by atoms with E-state index in [-0.39, 0.29) is 41.1 Å². The fourth-order valence-electron chi connectivity index (χ4n) is 7.70. The Morgan fingerprint density at radius 2 is 1.88 bits per heavy atom. The molecule has 3 aromatic rings. The predicted octanol–water partition coefficient (Wildman–Crippen LogP) is 5.83. The number of nitrogens with zero attached hydrogens (tertiary/aromatic N) is 5. The molecular weight excluding hydrogens is 641 g/mol. The first-order valence-corrected chi connectivity index (χ1v) is 16.9. The van der Waals surface area contributed by atoms with Crippen LogP contribution in [0.2, 0.25) is 0 Å². The molecule has 11 nitrogen and oxygen atoms in total. The summed E-state index contributed by atoms with van der Waals surface area (Å²) in [5.74, 6) is 0.535. The molecule has 2 aliphatic heterocycles. The van der Waals surface area contributed by atoms with Crippen molar-refractivity contribution in [3.63, 3.8) is 0 Å². The SMILES string of the molecule is Cc1cc(C(F)(F)F)ccc1NC(=O)Cn1c2c(c(=O)n3nc(C4=CCOCC4)nc13)C1(CCN(C(=O)OC(C)(C)C)CC1)CC2C1CC1. The van der Waals surface area contributed by atoms with Crippen molar-refractivity contribution in [2.75, 3.05) is 31.6 Å². The number of amides is 2. The van der Waals surface area contributed by atoms with E-state index < -0.39 is 28.7 Å². The van der Waals surface area contributed by atoms with Crippen LogP contribution in [0.25, 0.3) is 11.4 Å². The molecule has 2 aromatic heterocycles. The minimum absolute atomic E-state index is 0.00354. The van der Waals surface area contributed by atoms with Gasteiger partial charge in [0.1, 0.15) is 12.1 Å². The predicted molar refractivity (Wildman–Crippen MR) is 174 cm³/mol. The lowest BCUT2D eigenvalue weighted by Crippen LogP contribution is -2.48. The quantitative estimate of drug-likeness (QED) is 0.360. The van der Waals surface area contributed by atoms with E-state index in [0.717, 1.165) is 36.2 Å². The normalized spacial score (nSPS) is 20.8. The van der Waals surface area contributed by atoms with Crippen LogP contribution in [0.5, 0.6) is 0 Å². The molecular formula is C35H41F3N6O5. The highest BCUT2D eigenvalue weighted by atomic mass is 19.4. The number of aromatic nitrogens is 4. The third-order valence-electron chi connectivity index (χ3n) is 10.2. The van der Waals surface area contributed by atoms with E-state index in [9.17, 15) is 27.6 Å². The number of piperidine rings is 1. The smallest absolute Gasteiger partial charge is 0.416 e. The molecule has 2 fully saturated rings. The molecule has 2 aliphatic carbocycles. The van der Waals surface area contributed by atoms with Crippen molar-refractivity contribution < 1.29 is 32.2 Å². The van der Waals surface area contributed by atoms with Crippen LogP contribution < -0.4 is 10.9 Å². The van der Waals surface area contributed by atoms with Crippen LogP contribution in [-0.2, 0) is 32.4 Å². The van der Waals surface area contributed by atoms with Gasteiger partial charge in [-0.3, -0.25) is 9.59 Å². The lowest BCUT2D eigenvalue weighted by atomic mass is 9.73. The Hall–Kier alpha value is -4.20. The summed E-state index contributed by atoms with van der Waals surface area (Å²) < 4.78 is 54.1. The Bertz CT molecular complexity index is 1910. The summed E-state index contributed by atoms with van der Waals surface area (Å²) in [6.45, 7) is 8.54. The number of ether oxygens (including phenoxy) is 2. The van der Waals surface area contributed by atoms with Crippen molar-refractivity contribution in [1.29, 1.82) is 0 Å². The number of likely N-dealkylation sites (tertiary alicyclic amines) is 1. The maximum atomic E-state index is 14.6. The molecule has 2 amide bonds. The molecule has 14 heteroatoms. The number of fused-ring (bicyclic) bond motifs is 3. The minimum atomic E-state index is -4.50. The second-order valence-corrected chi connectivity index (χ2v) is 14.8. The van der Waals surface area contributed by atoms with E-state index in [1.807, 2.05) is 26.8 Å². The van der Waals surface area contributed by atoms with E-state index in [1.165, 1.54) is 17.5 Å². The molecule has 7 rings (SSSR count). The maximum absolute atomic E-state index is 14.6. The van der Waals surface area contributed by atoms with Gasteiger partial charge in [-0.05, 0) is 101 Å². The van der Waals surface area contributed by atoms with Gasteiger partial charge in [-0.1, -0.05) is 6.08 Å². The fraction of sp³-hybridized carbons (Fsp3) is 0.571. The van der Waals surface area contributed by atoms with Crippen molar-refractivity contribution in [3.8, 4) is 0 Å². The van der Waals surface area contributed by atoms with Crippen molar-refractivity contribution in [2.45, 2.75) is 95.9 Å². The van der Waals surface area contributed by atoms with E-state index >= 15 is 0 Å². The molecule has 1 saturated carbocycles. The second kappa shape index (κ2) is 12.0. The average molecular weight is 683 g/mol. The van der Waals surface area contributed by atoms with Gasteiger partial charge in [0.15, 0.2) is 5.82 Å². The standard InChI is InChI=1S/C35H41F3N6O5/c1-20-17-23(35(36,37)38)7-8-25(20)39-26(45)19-43-28-24(21-5-6-21)18-34(11-13-42(14-12-34)32(47)49-33(2,3)4)27(28)30(46)44-31(43)40-29(41-44)22-9-15-48-16-10-22/h7-9,17,21,24H,5-6,10-16,18-19H2,1-4H3,(H,39,45). The zero-order valence-corrected chi connectivity index (χ0v) is 28.2. The first-order valence-electron chi connectivity index (χ1n) is 16.9. The third kappa shape index (κ3) is 6.35. The number of carbonyl (C=O) groups excluding carboxylic acids is 2. The van der Waals surface area contributed by atoms with Gasteiger partial charge in [0.05, 0.1) is 18.8 Å². The number of anilines is 1. The van der Waals surface area contributed by atoms with Crippen molar-refractivity contribution >= 4 is 29.0 Å². The van der Waals surface area contributed by atoms with E-state index in [2.05, 4.69) is 10.4 Å². The molecule has 0 bridgehead atoms. The summed E-state index contributed by atoms with van der Waals surface area (Å²) >= 11 is 0. The second-order valence-electron chi connectivity index (χ2n) is 14.8. The Morgan fingerprint density at radius 3 is 2.49 bits per heavy atom. The molecule has 1 spiro atoms. The Kier molecular flexibility index (Phi) is 8.15. The van der Waals surface area contributed by atoms with Crippen LogP contribution >= 0.6 is 0 Å². The Labute approximate surface area is 281 Å². The molecule has 4 aliphatic rings. The summed E-state index contributed by atoms with van der Waals surface area (Å²) in [5.41, 5.74) is 0.585. The average Bonchev–Trinajstić information content (AvgIpc) is 3.69. The summed E-state index contributed by atoms with van der Waals surface area (Å²) in [7, 11) is 0. The van der Waals surface area contributed by atoms with Crippen molar-refractivity contribution in [1.82, 2.24) is 24.1 Å². The van der Waals surface area contributed by atoms with E-state index in [1.54, 1.807) is 9.47 Å². The van der Waals surface area contributed by atoms with Gasteiger partial charge >= 0.3 is 12.3 Å². The number of alkyl halides is 3. The van der Waals surface area contributed by atoms with Gasteiger partial charge < -0.3 is 24.3 Å². The van der Waals surface area contributed by atoms with Gasteiger partial charge in [-0.25, -0.2) is 4.79 Å². The van der Waals surface area contributed by atoms with Gasteiger partial charge in [0.2, 0.25) is 11.7 Å². The Morgan fingerprint density at radius 1 is 1.14 bits per heavy atom. The molecule has 1 aromatic carbocycles. The number of nitrogens with one attached hydrogen (secondary N) is 1. The van der Waals surface area contributed by atoms with Crippen molar-refractivity contribution in [2.24, 2.45) is 5.92 Å². The first-order chi connectivity index (χ1) is 23.1. The number of aryl methyl sites for hydroxylation is 1.